The normalized spacial score (nSPS) is 22.7. The minimum atomic E-state index is -0.711. The molecule has 7 nitrogen and oxygen atoms in total. The van der Waals surface area contributed by atoms with Crippen LogP contribution in [-0.4, -0.2) is 55.2 Å². The number of benzene rings is 2. The van der Waals surface area contributed by atoms with E-state index in [1.165, 1.54) is 4.90 Å². The number of nitrogens with zero attached hydrogens (tertiary/aromatic N) is 1. The molecule has 2 aromatic carbocycles. The third-order valence-corrected chi connectivity index (χ3v) is 5.76. The highest BCUT2D eigenvalue weighted by Crippen LogP contribution is 2.40. The number of carbonyl (C=O) groups excluding carboxylic acids is 2. The maximum absolute atomic E-state index is 13.0. The number of likely N-dealkylation sites (tertiary alicyclic amines) is 1. The average molecular weight is 423 g/mol. The zero-order valence-electron chi connectivity index (χ0n) is 17.5. The van der Waals surface area contributed by atoms with Gasteiger partial charge in [0, 0.05) is 18.7 Å². The number of ether oxygens (including phenoxy) is 3. The largest absolute Gasteiger partial charge is 0.507 e. The first-order valence-electron chi connectivity index (χ1n) is 10.2. The minimum absolute atomic E-state index is 0.0679. The van der Waals surface area contributed by atoms with E-state index >= 15 is 0 Å². The van der Waals surface area contributed by atoms with Gasteiger partial charge in [-0.25, -0.2) is 0 Å². The molecule has 0 unspecified atom stereocenters. The highest BCUT2D eigenvalue weighted by molar-refractivity contribution is 6.46. The van der Waals surface area contributed by atoms with Gasteiger partial charge in [0.05, 0.1) is 31.9 Å². The summed E-state index contributed by atoms with van der Waals surface area (Å²) in [5.74, 6) is -0.257. The van der Waals surface area contributed by atoms with E-state index < -0.39 is 17.7 Å². The van der Waals surface area contributed by atoms with Crippen LogP contribution < -0.4 is 9.47 Å². The molecule has 0 radical (unpaired) electrons. The summed E-state index contributed by atoms with van der Waals surface area (Å²) < 4.78 is 16.1. The molecule has 2 aliphatic rings. The van der Waals surface area contributed by atoms with Crippen molar-refractivity contribution in [1.29, 1.82) is 0 Å². The molecule has 0 aromatic heterocycles. The predicted molar refractivity (Wildman–Crippen MR) is 114 cm³/mol. The molecule has 2 atom stereocenters. The number of ketones is 1. The van der Waals surface area contributed by atoms with E-state index in [1.807, 2.05) is 0 Å². The van der Waals surface area contributed by atoms with Gasteiger partial charge in [0.1, 0.15) is 17.3 Å². The lowest BCUT2D eigenvalue weighted by Crippen LogP contribution is -2.36. The molecule has 2 aromatic rings. The van der Waals surface area contributed by atoms with Gasteiger partial charge in [0.15, 0.2) is 0 Å². The van der Waals surface area contributed by atoms with E-state index in [-0.39, 0.29) is 17.4 Å². The fraction of sp³-hybridized carbons (Fsp3) is 0.333. The van der Waals surface area contributed by atoms with Crippen LogP contribution in [0.1, 0.15) is 30.0 Å². The Hall–Kier alpha value is -3.32. The number of hydrogen-bond acceptors (Lipinski definition) is 6. The third kappa shape index (κ3) is 4.01. The second-order valence-electron chi connectivity index (χ2n) is 7.59. The molecule has 2 heterocycles. The Morgan fingerprint density at radius 1 is 1.03 bits per heavy atom. The van der Waals surface area contributed by atoms with E-state index in [2.05, 4.69) is 0 Å². The van der Waals surface area contributed by atoms with Gasteiger partial charge in [-0.15, -0.1) is 0 Å². The molecule has 4 rings (SSSR count). The van der Waals surface area contributed by atoms with Crippen molar-refractivity contribution in [3.8, 4) is 11.5 Å². The Kier molecular flexibility index (Phi) is 5.95. The number of aliphatic hydroxyl groups is 1. The van der Waals surface area contributed by atoms with Gasteiger partial charge in [0.25, 0.3) is 11.7 Å². The van der Waals surface area contributed by atoms with Crippen molar-refractivity contribution in [2.75, 3.05) is 27.4 Å². The van der Waals surface area contributed by atoms with Crippen LogP contribution in [0.5, 0.6) is 11.5 Å². The number of aliphatic hydroxyl groups excluding tert-OH is 1. The highest BCUT2D eigenvalue weighted by atomic mass is 16.5. The van der Waals surface area contributed by atoms with Gasteiger partial charge in [-0.1, -0.05) is 12.1 Å². The fourth-order valence-corrected chi connectivity index (χ4v) is 4.11. The standard InChI is InChI=1S/C24H25NO6/c1-29-17-9-5-15(6-10-17)21-20(22(26)16-7-11-18(30-2)12-8-16)23(27)24(28)25(21)14-19-4-3-13-31-19/h5-12,19,21,26H,3-4,13-14H2,1-2H3/b22-20+/t19-,21-/m1/s1. The van der Waals surface area contributed by atoms with Gasteiger partial charge >= 0.3 is 0 Å². The first kappa shape index (κ1) is 20.9. The zero-order chi connectivity index (χ0) is 22.0. The van der Waals surface area contributed by atoms with Crippen LogP contribution in [0.2, 0.25) is 0 Å². The number of carbonyl (C=O) groups is 2. The third-order valence-electron chi connectivity index (χ3n) is 5.76. The number of amides is 1. The maximum atomic E-state index is 13.0. The molecule has 162 valence electrons. The molecule has 0 aliphatic carbocycles. The second-order valence-corrected chi connectivity index (χ2v) is 7.59. The first-order chi connectivity index (χ1) is 15.0. The average Bonchev–Trinajstić information content (AvgIpc) is 3.41. The summed E-state index contributed by atoms with van der Waals surface area (Å²) in [5.41, 5.74) is 1.22. The minimum Gasteiger partial charge on any atom is -0.507 e. The van der Waals surface area contributed by atoms with E-state index in [0.717, 1.165) is 12.8 Å². The summed E-state index contributed by atoms with van der Waals surface area (Å²) in [5, 5.41) is 11.1. The Balaban J connectivity index is 1.79. The van der Waals surface area contributed by atoms with Crippen molar-refractivity contribution in [1.82, 2.24) is 4.90 Å². The van der Waals surface area contributed by atoms with Gasteiger partial charge in [0.2, 0.25) is 0 Å². The van der Waals surface area contributed by atoms with Crippen molar-refractivity contribution in [2.24, 2.45) is 0 Å². The second kappa shape index (κ2) is 8.81. The van der Waals surface area contributed by atoms with Crippen molar-refractivity contribution in [3.05, 3.63) is 65.2 Å². The van der Waals surface area contributed by atoms with Gasteiger partial charge in [-0.05, 0) is 54.8 Å². The van der Waals surface area contributed by atoms with Crippen molar-refractivity contribution in [2.45, 2.75) is 25.0 Å². The molecule has 31 heavy (non-hydrogen) atoms. The summed E-state index contributed by atoms with van der Waals surface area (Å²) in [6.45, 7) is 0.939. The Morgan fingerprint density at radius 2 is 1.65 bits per heavy atom. The summed E-state index contributed by atoms with van der Waals surface area (Å²) >= 11 is 0. The van der Waals surface area contributed by atoms with Crippen molar-refractivity contribution in [3.63, 3.8) is 0 Å². The molecule has 1 N–H and O–H groups in total. The van der Waals surface area contributed by atoms with E-state index in [1.54, 1.807) is 62.8 Å². The smallest absolute Gasteiger partial charge is 0.295 e. The van der Waals surface area contributed by atoms with E-state index in [0.29, 0.717) is 35.8 Å². The summed E-state index contributed by atoms with van der Waals surface area (Å²) in [6.07, 6.45) is 1.63. The quantitative estimate of drug-likeness (QED) is 0.436. The lowest BCUT2D eigenvalue weighted by atomic mass is 9.95. The van der Waals surface area contributed by atoms with Crippen LogP contribution in [0, 0.1) is 0 Å². The molecule has 7 heteroatoms. The molecule has 0 bridgehead atoms. The first-order valence-corrected chi connectivity index (χ1v) is 10.2. The molecule has 2 fully saturated rings. The molecule has 1 amide bonds. The topological polar surface area (TPSA) is 85.3 Å². The molecular formula is C24H25NO6. The van der Waals surface area contributed by atoms with Gasteiger partial charge in [-0.2, -0.15) is 0 Å². The number of methoxy groups -OCH3 is 2. The SMILES string of the molecule is COc1ccc(/C(O)=C2\C(=O)C(=O)N(C[C@H]3CCCO3)[C@@H]2c2ccc(OC)cc2)cc1. The van der Waals surface area contributed by atoms with Crippen LogP contribution >= 0.6 is 0 Å². The lowest BCUT2D eigenvalue weighted by molar-refractivity contribution is -0.140. The fourth-order valence-electron chi connectivity index (χ4n) is 4.11. The Morgan fingerprint density at radius 3 is 2.19 bits per heavy atom. The van der Waals surface area contributed by atoms with Crippen molar-refractivity contribution < 1.29 is 28.9 Å². The maximum Gasteiger partial charge on any atom is 0.295 e. The van der Waals surface area contributed by atoms with Gasteiger partial charge < -0.3 is 24.2 Å². The molecular weight excluding hydrogens is 398 g/mol. The van der Waals surface area contributed by atoms with E-state index in [4.69, 9.17) is 14.2 Å². The van der Waals surface area contributed by atoms with Crippen LogP contribution in [0.25, 0.3) is 5.76 Å². The predicted octanol–water partition coefficient (Wildman–Crippen LogP) is 3.30. The molecule has 0 spiro atoms. The van der Waals surface area contributed by atoms with Crippen LogP contribution in [0.3, 0.4) is 0 Å². The van der Waals surface area contributed by atoms with Crippen molar-refractivity contribution >= 4 is 17.4 Å². The summed E-state index contributed by atoms with van der Waals surface area (Å²) in [6, 6.07) is 13.2. The van der Waals surface area contributed by atoms with Crippen LogP contribution in [0.4, 0.5) is 0 Å². The number of Topliss-reactive ketones (excluding diaryl/α,β-unsaturated/α-hetero) is 1. The van der Waals surface area contributed by atoms with Gasteiger partial charge in [-0.3, -0.25) is 9.59 Å². The lowest BCUT2D eigenvalue weighted by Gasteiger charge is -2.27. The number of rotatable bonds is 6. The highest BCUT2D eigenvalue weighted by Gasteiger charge is 2.47. The molecule has 0 saturated carbocycles. The summed E-state index contributed by atoms with van der Waals surface area (Å²) in [4.78, 5) is 27.5. The molecule has 2 aliphatic heterocycles. The number of hydrogen-bond donors (Lipinski definition) is 1. The Labute approximate surface area is 180 Å². The zero-order valence-corrected chi connectivity index (χ0v) is 17.5. The monoisotopic (exact) mass is 423 g/mol. The summed E-state index contributed by atoms with van der Waals surface area (Å²) in [7, 11) is 3.12. The van der Waals surface area contributed by atoms with Crippen LogP contribution in [0.15, 0.2) is 54.1 Å². The van der Waals surface area contributed by atoms with E-state index in [9.17, 15) is 14.7 Å². The Bertz CT molecular complexity index is 990. The van der Waals surface area contributed by atoms with Crippen LogP contribution in [-0.2, 0) is 14.3 Å². The molecule has 2 saturated heterocycles.